The minimum absolute atomic E-state index is 0.557. The number of allylic oxidation sites excluding steroid dienone is 1. The number of hydrogen-bond acceptors (Lipinski definition) is 1. The lowest BCUT2D eigenvalue weighted by molar-refractivity contribution is 0.0821. The molecule has 0 aliphatic heterocycles. The van der Waals surface area contributed by atoms with Gasteiger partial charge < -0.3 is 5.11 Å². The number of aliphatic hydroxyl groups is 1. The van der Waals surface area contributed by atoms with Crippen molar-refractivity contribution in [3.05, 3.63) is 11.3 Å². The fourth-order valence-corrected chi connectivity index (χ4v) is 8.17. The maximum atomic E-state index is 10.3. The first kappa shape index (κ1) is 18.0. The van der Waals surface area contributed by atoms with E-state index in [0.29, 0.717) is 0 Å². The first-order valence-electron chi connectivity index (χ1n) is 8.80. The smallest absolute Gasteiger partial charge is 0.0804 e. The molecule has 0 spiro atoms. The van der Waals surface area contributed by atoms with Gasteiger partial charge in [-0.05, 0) is 39.0 Å². The van der Waals surface area contributed by atoms with Crippen LogP contribution >= 0.6 is 0 Å². The highest BCUT2D eigenvalue weighted by molar-refractivity contribution is 6.86. The fourth-order valence-electron chi connectivity index (χ4n) is 3.91. The van der Waals surface area contributed by atoms with E-state index in [9.17, 15) is 5.11 Å². The van der Waals surface area contributed by atoms with Gasteiger partial charge in [-0.25, -0.2) is 0 Å². The summed E-state index contributed by atoms with van der Waals surface area (Å²) in [5.41, 5.74) is -0.557. The van der Waals surface area contributed by atoms with Crippen molar-refractivity contribution < 1.29 is 5.11 Å². The van der Waals surface area contributed by atoms with Crippen LogP contribution in [0.3, 0.4) is 0 Å². The van der Waals surface area contributed by atoms with E-state index < -0.39 is 13.7 Å². The van der Waals surface area contributed by atoms with Crippen LogP contribution in [0.2, 0.25) is 18.1 Å². The van der Waals surface area contributed by atoms with E-state index in [0.717, 1.165) is 12.3 Å². The summed E-state index contributed by atoms with van der Waals surface area (Å²) in [6.07, 6.45) is 10.5. The van der Waals surface area contributed by atoms with E-state index in [4.69, 9.17) is 0 Å². The molecule has 118 valence electrons. The summed E-state index contributed by atoms with van der Waals surface area (Å²) in [5, 5.41) is 12.0. The lowest BCUT2D eigenvalue weighted by Crippen LogP contribution is -2.38. The lowest BCUT2D eigenvalue weighted by Gasteiger charge is -2.36. The van der Waals surface area contributed by atoms with Gasteiger partial charge in [0.2, 0.25) is 0 Å². The van der Waals surface area contributed by atoms with Crippen molar-refractivity contribution in [2.75, 3.05) is 0 Å². The van der Waals surface area contributed by atoms with Gasteiger partial charge in [0.1, 0.15) is 0 Å². The Balaban J connectivity index is 3.02. The summed E-state index contributed by atoms with van der Waals surface area (Å²) in [7, 11) is -1.34. The Kier molecular flexibility index (Phi) is 7.00. The first-order chi connectivity index (χ1) is 9.37. The molecule has 0 heterocycles. The molecule has 1 aliphatic carbocycles. The van der Waals surface area contributed by atoms with Crippen LogP contribution < -0.4 is 0 Å². The molecule has 0 unspecified atom stereocenters. The molecule has 2 heteroatoms. The van der Waals surface area contributed by atoms with Crippen molar-refractivity contribution in [2.24, 2.45) is 5.92 Å². The molecule has 1 nitrogen and oxygen atoms in total. The summed E-state index contributed by atoms with van der Waals surface area (Å²) >= 11 is 0. The molecule has 0 amide bonds. The van der Waals surface area contributed by atoms with Crippen molar-refractivity contribution in [2.45, 2.75) is 96.9 Å². The maximum absolute atomic E-state index is 10.3. The Morgan fingerprint density at radius 2 is 1.55 bits per heavy atom. The van der Waals surface area contributed by atoms with Gasteiger partial charge in [0, 0.05) is 0 Å². The van der Waals surface area contributed by atoms with Crippen LogP contribution in [0.15, 0.2) is 11.3 Å². The first-order valence-corrected chi connectivity index (χ1v) is 11.4. The van der Waals surface area contributed by atoms with Gasteiger partial charge in [0.25, 0.3) is 0 Å². The van der Waals surface area contributed by atoms with Crippen molar-refractivity contribution in [1.82, 2.24) is 0 Å². The second-order valence-electron chi connectivity index (χ2n) is 7.42. The molecule has 0 saturated heterocycles. The predicted octanol–water partition coefficient (Wildman–Crippen LogP) is 5.70. The third-order valence-electron chi connectivity index (χ3n) is 5.42. The molecule has 1 aliphatic rings. The van der Waals surface area contributed by atoms with E-state index in [1.165, 1.54) is 50.2 Å². The molecule has 1 fully saturated rings. The molecule has 0 atom stereocenters. The second-order valence-corrected chi connectivity index (χ2v) is 12.7. The lowest BCUT2D eigenvalue weighted by atomic mass is 9.88. The highest BCUT2D eigenvalue weighted by Crippen LogP contribution is 2.36. The maximum Gasteiger partial charge on any atom is 0.0804 e. The Morgan fingerprint density at radius 1 is 1.05 bits per heavy atom. The minimum Gasteiger partial charge on any atom is -0.390 e. The number of rotatable bonds is 7. The molecule has 1 N–H and O–H groups in total. The summed E-state index contributed by atoms with van der Waals surface area (Å²) < 4.78 is 0. The molecule has 20 heavy (non-hydrogen) atoms. The standard InChI is InChI=1S/C18H36OSi/c1-6-20(7-2,8-3)17(15-18(4,5)19)14-16-12-10-9-11-13-16/h14,16,19H,6-13,15H2,1-5H3/b17-14+. The molecule has 0 aromatic heterocycles. The average Bonchev–Trinajstić information content (AvgIpc) is 2.41. The molecule has 0 radical (unpaired) electrons. The predicted molar refractivity (Wildman–Crippen MR) is 92.8 cm³/mol. The topological polar surface area (TPSA) is 20.2 Å². The molecular weight excluding hydrogens is 260 g/mol. The molecule has 0 aromatic carbocycles. The van der Waals surface area contributed by atoms with Gasteiger partial charge in [-0.15, -0.1) is 0 Å². The van der Waals surface area contributed by atoms with Crippen molar-refractivity contribution in [3.8, 4) is 0 Å². The average molecular weight is 297 g/mol. The van der Waals surface area contributed by atoms with E-state index in [2.05, 4.69) is 26.8 Å². The highest BCUT2D eigenvalue weighted by atomic mass is 28.3. The van der Waals surface area contributed by atoms with Crippen LogP contribution in [-0.4, -0.2) is 18.8 Å². The Labute approximate surface area is 127 Å². The van der Waals surface area contributed by atoms with E-state index in [-0.39, 0.29) is 0 Å². The van der Waals surface area contributed by atoms with Crippen LogP contribution in [0.25, 0.3) is 0 Å². The van der Waals surface area contributed by atoms with E-state index in [1.54, 1.807) is 5.20 Å². The zero-order chi connectivity index (χ0) is 15.2. The van der Waals surface area contributed by atoms with Crippen molar-refractivity contribution in [3.63, 3.8) is 0 Å². The summed E-state index contributed by atoms with van der Waals surface area (Å²) in [5.74, 6) is 0.789. The van der Waals surface area contributed by atoms with Gasteiger partial charge in [-0.3, -0.25) is 0 Å². The molecule has 0 aromatic rings. The summed E-state index contributed by atoms with van der Waals surface area (Å²) in [4.78, 5) is 0. The second kappa shape index (κ2) is 7.79. The summed E-state index contributed by atoms with van der Waals surface area (Å²) in [6, 6.07) is 3.98. The van der Waals surface area contributed by atoms with Gasteiger partial charge in [0.05, 0.1) is 13.7 Å². The SMILES string of the molecule is CC[Si](CC)(CC)/C(=C/C1CCCCC1)CC(C)(C)O. The Bertz CT molecular complexity index is 296. The number of hydrogen-bond donors (Lipinski definition) is 1. The van der Waals surface area contributed by atoms with Crippen LogP contribution in [0.5, 0.6) is 0 Å². The molecule has 1 saturated carbocycles. The fraction of sp³-hybridized carbons (Fsp3) is 0.889. The van der Waals surface area contributed by atoms with Gasteiger partial charge in [-0.2, -0.15) is 0 Å². The normalized spacial score (nSPS) is 19.4. The molecule has 1 rings (SSSR count). The van der Waals surface area contributed by atoms with Gasteiger partial charge in [0.15, 0.2) is 0 Å². The van der Waals surface area contributed by atoms with Crippen molar-refractivity contribution in [1.29, 1.82) is 0 Å². The Morgan fingerprint density at radius 3 is 1.95 bits per heavy atom. The van der Waals surface area contributed by atoms with Gasteiger partial charge >= 0.3 is 0 Å². The third-order valence-corrected chi connectivity index (χ3v) is 11.2. The molecular formula is C18H36OSi. The van der Waals surface area contributed by atoms with Crippen LogP contribution in [0, 0.1) is 5.92 Å². The van der Waals surface area contributed by atoms with E-state index in [1.807, 2.05) is 13.8 Å². The quantitative estimate of drug-likeness (QED) is 0.597. The van der Waals surface area contributed by atoms with Crippen LogP contribution in [0.4, 0.5) is 0 Å². The highest BCUT2D eigenvalue weighted by Gasteiger charge is 2.34. The zero-order valence-electron chi connectivity index (χ0n) is 14.5. The zero-order valence-corrected chi connectivity index (χ0v) is 15.5. The molecule has 0 bridgehead atoms. The summed E-state index contributed by atoms with van der Waals surface area (Å²) in [6.45, 7) is 11.1. The Hall–Kier alpha value is -0.0831. The van der Waals surface area contributed by atoms with Crippen LogP contribution in [0.1, 0.15) is 73.1 Å². The van der Waals surface area contributed by atoms with Gasteiger partial charge in [-0.1, -0.05) is 69.4 Å². The monoisotopic (exact) mass is 296 g/mol. The largest absolute Gasteiger partial charge is 0.390 e. The minimum atomic E-state index is -1.34. The van der Waals surface area contributed by atoms with E-state index >= 15 is 0 Å². The third kappa shape index (κ3) is 5.03. The van der Waals surface area contributed by atoms with Crippen molar-refractivity contribution >= 4 is 8.07 Å². The van der Waals surface area contributed by atoms with Crippen LogP contribution in [-0.2, 0) is 0 Å².